The van der Waals surface area contributed by atoms with Crippen molar-refractivity contribution in [1.82, 2.24) is 4.90 Å². The van der Waals surface area contributed by atoms with Gasteiger partial charge in [-0.2, -0.15) is 0 Å². The lowest BCUT2D eigenvalue weighted by Crippen LogP contribution is -2.50. The first-order valence-electron chi connectivity index (χ1n) is 5.71. The van der Waals surface area contributed by atoms with Gasteiger partial charge in [0, 0.05) is 12.0 Å². The van der Waals surface area contributed by atoms with Crippen molar-refractivity contribution >= 4 is 11.8 Å². The van der Waals surface area contributed by atoms with Crippen LogP contribution >= 0.6 is 0 Å². The van der Waals surface area contributed by atoms with Crippen molar-refractivity contribution < 1.29 is 14.0 Å². The van der Waals surface area contributed by atoms with Crippen LogP contribution in [0, 0.1) is 0 Å². The second-order valence-electron chi connectivity index (χ2n) is 4.13. The summed E-state index contributed by atoms with van der Waals surface area (Å²) in [6.07, 6.45) is 3.29. The maximum absolute atomic E-state index is 12.3. The summed E-state index contributed by atoms with van der Waals surface area (Å²) in [7, 11) is 0. The van der Waals surface area contributed by atoms with Crippen molar-refractivity contribution in [1.29, 1.82) is 0 Å². The Bertz CT molecular complexity index is 323. The van der Waals surface area contributed by atoms with E-state index in [1.165, 1.54) is 4.90 Å². The number of carbonyl (C=O) groups is 2. The lowest BCUT2D eigenvalue weighted by Gasteiger charge is -2.32. The molecule has 0 atom stereocenters. The van der Waals surface area contributed by atoms with Crippen LogP contribution < -0.4 is 0 Å². The van der Waals surface area contributed by atoms with Crippen LogP contribution in [0.15, 0.2) is 11.1 Å². The Kier molecular flexibility index (Phi) is 4.65. The number of halogens is 1. The Labute approximate surface area is 95.3 Å². The van der Waals surface area contributed by atoms with E-state index in [4.69, 9.17) is 0 Å². The molecule has 0 radical (unpaired) electrons. The summed E-state index contributed by atoms with van der Waals surface area (Å²) in [6.45, 7) is 3.33. The standard InChI is InChI=1S/C12H18FNO2/c1-3-4-5-6-11(15)14-8-10(12(14)16)9(2)7-13/h3-8H2,1-2H3. The van der Waals surface area contributed by atoms with Crippen molar-refractivity contribution in [3.63, 3.8) is 0 Å². The maximum atomic E-state index is 12.3. The number of hydrogen-bond acceptors (Lipinski definition) is 2. The van der Waals surface area contributed by atoms with Gasteiger partial charge in [0.2, 0.25) is 5.91 Å². The van der Waals surface area contributed by atoms with Gasteiger partial charge in [-0.15, -0.1) is 0 Å². The largest absolute Gasteiger partial charge is 0.274 e. The Hall–Kier alpha value is -1.19. The van der Waals surface area contributed by atoms with Crippen LogP contribution in [0.5, 0.6) is 0 Å². The molecule has 0 bridgehead atoms. The predicted molar refractivity (Wildman–Crippen MR) is 59.5 cm³/mol. The predicted octanol–water partition coefficient (Wildman–Crippen LogP) is 2.22. The zero-order valence-corrected chi connectivity index (χ0v) is 9.88. The Morgan fingerprint density at radius 3 is 2.62 bits per heavy atom. The fraction of sp³-hybridized carbons (Fsp3) is 0.667. The molecule has 90 valence electrons. The highest BCUT2D eigenvalue weighted by Crippen LogP contribution is 2.22. The molecule has 0 aromatic heterocycles. The Morgan fingerprint density at radius 1 is 1.44 bits per heavy atom. The second kappa shape index (κ2) is 5.77. The first-order valence-corrected chi connectivity index (χ1v) is 5.71. The first kappa shape index (κ1) is 12.9. The van der Waals surface area contributed by atoms with Crippen LogP contribution in [0.4, 0.5) is 4.39 Å². The number of β-lactam (4-membered cyclic amide) rings is 1. The number of imide groups is 1. The molecule has 0 aromatic carbocycles. The number of unbranched alkanes of at least 4 members (excludes halogenated alkanes) is 2. The van der Waals surface area contributed by atoms with Crippen LogP contribution in [-0.2, 0) is 9.59 Å². The third-order valence-electron chi connectivity index (χ3n) is 2.83. The number of likely N-dealkylation sites (tertiary alicyclic amines) is 1. The molecule has 1 fully saturated rings. The minimum atomic E-state index is -0.612. The summed E-state index contributed by atoms with van der Waals surface area (Å²) in [6, 6.07) is 0. The molecule has 0 spiro atoms. The number of hydrogen-bond donors (Lipinski definition) is 0. The van der Waals surface area contributed by atoms with Gasteiger partial charge in [0.15, 0.2) is 0 Å². The summed E-state index contributed by atoms with van der Waals surface area (Å²) >= 11 is 0. The van der Waals surface area contributed by atoms with Gasteiger partial charge in [-0.25, -0.2) is 4.39 Å². The molecular weight excluding hydrogens is 209 g/mol. The van der Waals surface area contributed by atoms with Crippen LogP contribution in [0.3, 0.4) is 0 Å². The minimum Gasteiger partial charge on any atom is -0.274 e. The molecule has 0 saturated carbocycles. The fourth-order valence-electron chi connectivity index (χ4n) is 1.63. The third-order valence-corrected chi connectivity index (χ3v) is 2.83. The average Bonchev–Trinajstić information content (AvgIpc) is 2.27. The SMILES string of the molecule is CCCCCC(=O)N1CC(=C(C)CF)C1=O. The van der Waals surface area contributed by atoms with Gasteiger partial charge < -0.3 is 0 Å². The van der Waals surface area contributed by atoms with E-state index in [0.29, 0.717) is 24.1 Å². The average molecular weight is 227 g/mol. The van der Waals surface area contributed by atoms with E-state index in [-0.39, 0.29) is 11.8 Å². The molecular formula is C12H18FNO2. The Morgan fingerprint density at radius 2 is 2.12 bits per heavy atom. The molecule has 0 aromatic rings. The van der Waals surface area contributed by atoms with Crippen molar-refractivity contribution in [2.45, 2.75) is 39.5 Å². The number of alkyl halides is 1. The lowest BCUT2D eigenvalue weighted by molar-refractivity contribution is -0.147. The van der Waals surface area contributed by atoms with Gasteiger partial charge in [0.05, 0.1) is 6.54 Å². The lowest BCUT2D eigenvalue weighted by atomic mass is 10.00. The van der Waals surface area contributed by atoms with Crippen molar-refractivity contribution in [3.05, 3.63) is 11.1 Å². The summed E-state index contributed by atoms with van der Waals surface area (Å²) in [4.78, 5) is 24.3. The third kappa shape index (κ3) is 2.68. The van der Waals surface area contributed by atoms with Crippen molar-refractivity contribution in [2.24, 2.45) is 0 Å². The molecule has 4 heteroatoms. The summed E-state index contributed by atoms with van der Waals surface area (Å²) in [5, 5.41) is 0. The quantitative estimate of drug-likeness (QED) is 0.410. The molecule has 0 N–H and O–H groups in total. The topological polar surface area (TPSA) is 37.4 Å². The van der Waals surface area contributed by atoms with Crippen molar-refractivity contribution in [2.75, 3.05) is 13.2 Å². The Balaban J connectivity index is 2.43. The van der Waals surface area contributed by atoms with Crippen LogP contribution in [0.25, 0.3) is 0 Å². The van der Waals surface area contributed by atoms with Gasteiger partial charge in [-0.05, 0) is 18.9 Å². The summed E-state index contributed by atoms with van der Waals surface area (Å²) in [5.41, 5.74) is 0.911. The van der Waals surface area contributed by atoms with E-state index >= 15 is 0 Å². The van der Waals surface area contributed by atoms with Crippen LogP contribution in [0.1, 0.15) is 39.5 Å². The highest BCUT2D eigenvalue weighted by Gasteiger charge is 2.36. The molecule has 1 aliphatic heterocycles. The summed E-state index contributed by atoms with van der Waals surface area (Å²) in [5.74, 6) is -0.439. The van der Waals surface area contributed by atoms with Gasteiger partial charge in [-0.1, -0.05) is 19.8 Å². The minimum absolute atomic E-state index is 0.131. The monoisotopic (exact) mass is 227 g/mol. The van der Waals surface area contributed by atoms with Gasteiger partial charge in [0.25, 0.3) is 5.91 Å². The van der Waals surface area contributed by atoms with Gasteiger partial charge >= 0.3 is 0 Å². The number of allylic oxidation sites excluding steroid dienone is 1. The zero-order valence-electron chi connectivity index (χ0n) is 9.88. The van der Waals surface area contributed by atoms with Gasteiger partial charge in [0.1, 0.15) is 6.67 Å². The van der Waals surface area contributed by atoms with Gasteiger partial charge in [-0.3, -0.25) is 14.5 Å². The highest BCUT2D eigenvalue weighted by molar-refractivity contribution is 6.11. The smallest absolute Gasteiger partial charge is 0.258 e. The fourth-order valence-corrected chi connectivity index (χ4v) is 1.63. The molecule has 1 saturated heterocycles. The van der Waals surface area contributed by atoms with Crippen molar-refractivity contribution in [3.8, 4) is 0 Å². The molecule has 1 heterocycles. The van der Waals surface area contributed by atoms with E-state index in [1.54, 1.807) is 6.92 Å². The number of amides is 2. The second-order valence-corrected chi connectivity index (χ2v) is 4.13. The van der Waals surface area contributed by atoms with Crippen LogP contribution in [-0.4, -0.2) is 29.9 Å². The molecule has 16 heavy (non-hydrogen) atoms. The van der Waals surface area contributed by atoms with E-state index in [2.05, 4.69) is 6.92 Å². The van der Waals surface area contributed by atoms with E-state index in [9.17, 15) is 14.0 Å². The molecule has 1 aliphatic rings. The first-order chi connectivity index (χ1) is 7.61. The van der Waals surface area contributed by atoms with E-state index in [0.717, 1.165) is 19.3 Å². The number of nitrogens with zero attached hydrogens (tertiary/aromatic N) is 1. The van der Waals surface area contributed by atoms with Crippen LogP contribution in [0.2, 0.25) is 0 Å². The molecule has 2 amide bonds. The number of carbonyl (C=O) groups excluding carboxylic acids is 2. The van der Waals surface area contributed by atoms with E-state index < -0.39 is 6.67 Å². The highest BCUT2D eigenvalue weighted by atomic mass is 19.1. The molecule has 0 aliphatic carbocycles. The zero-order chi connectivity index (χ0) is 12.1. The number of rotatable bonds is 5. The maximum Gasteiger partial charge on any atom is 0.258 e. The molecule has 3 nitrogen and oxygen atoms in total. The molecule has 1 rings (SSSR count). The normalized spacial score (nSPS) is 18.4. The summed E-state index contributed by atoms with van der Waals surface area (Å²) < 4.78 is 12.3. The molecule has 0 unspecified atom stereocenters. The van der Waals surface area contributed by atoms with E-state index in [1.807, 2.05) is 0 Å².